The molecule has 68 valence electrons. The van der Waals surface area contributed by atoms with Crippen LogP contribution in [0.2, 0.25) is 0 Å². The van der Waals surface area contributed by atoms with Crippen molar-refractivity contribution in [2.75, 3.05) is 13.2 Å². The Morgan fingerprint density at radius 2 is 2.50 bits per heavy atom. The number of carboxylic acid groups (broad SMARTS) is 1. The largest absolute Gasteiger partial charge is 0.480 e. The summed E-state index contributed by atoms with van der Waals surface area (Å²) < 4.78 is 5.04. The highest BCUT2D eigenvalue weighted by Crippen LogP contribution is 2.09. The molecule has 0 aromatic carbocycles. The van der Waals surface area contributed by atoms with Crippen LogP contribution in [0.3, 0.4) is 0 Å². The number of carbonyl (C=O) groups is 2. The van der Waals surface area contributed by atoms with Crippen LogP contribution in [0.1, 0.15) is 6.42 Å². The molecule has 1 rings (SSSR count). The van der Waals surface area contributed by atoms with Crippen molar-refractivity contribution >= 4 is 12.3 Å². The minimum atomic E-state index is -0.868. The van der Waals surface area contributed by atoms with Crippen molar-refractivity contribution < 1.29 is 19.4 Å². The van der Waals surface area contributed by atoms with Crippen LogP contribution in [0.4, 0.5) is 0 Å². The van der Waals surface area contributed by atoms with Gasteiger partial charge in [0, 0.05) is 13.0 Å². The highest BCUT2D eigenvalue weighted by Gasteiger charge is 2.29. The summed E-state index contributed by atoms with van der Waals surface area (Å²) in [4.78, 5) is 20.3. The molecule has 1 aliphatic rings. The van der Waals surface area contributed by atoms with E-state index in [0.717, 1.165) is 0 Å². The summed E-state index contributed by atoms with van der Waals surface area (Å²) in [6, 6.07) is -0.526. The predicted molar refractivity (Wildman–Crippen MR) is 39.8 cm³/mol. The summed E-state index contributed by atoms with van der Waals surface area (Å²) in [5, 5.41) is 11.3. The highest BCUT2D eigenvalue weighted by molar-refractivity contribution is 5.73. The lowest BCUT2D eigenvalue weighted by Crippen LogP contribution is -2.29. The van der Waals surface area contributed by atoms with Crippen LogP contribution >= 0.6 is 0 Å². The van der Waals surface area contributed by atoms with Gasteiger partial charge in [-0.1, -0.05) is 0 Å². The molecule has 0 unspecified atom stereocenters. The van der Waals surface area contributed by atoms with Crippen LogP contribution in [0, 0.1) is 0 Å². The van der Waals surface area contributed by atoms with Gasteiger partial charge in [-0.2, -0.15) is 0 Å². The van der Waals surface area contributed by atoms with Gasteiger partial charge in [0.15, 0.2) is 0 Å². The number of hydrogen-bond acceptors (Lipinski definition) is 4. The molecule has 1 saturated heterocycles. The third-order valence-corrected chi connectivity index (χ3v) is 1.79. The van der Waals surface area contributed by atoms with Crippen LogP contribution in [-0.2, 0) is 14.3 Å². The van der Waals surface area contributed by atoms with Crippen molar-refractivity contribution in [3.8, 4) is 0 Å². The van der Waals surface area contributed by atoms with Crippen LogP contribution in [0.5, 0.6) is 0 Å². The van der Waals surface area contributed by atoms with Gasteiger partial charge in [0.05, 0.1) is 6.10 Å². The lowest BCUT2D eigenvalue weighted by atomic mass is 10.2. The van der Waals surface area contributed by atoms with Gasteiger partial charge in [0.2, 0.25) is 0 Å². The molecule has 2 atom stereocenters. The number of carboxylic acids is 1. The fourth-order valence-electron chi connectivity index (χ4n) is 1.19. The second kappa shape index (κ2) is 4.18. The highest BCUT2D eigenvalue weighted by atomic mass is 16.5. The van der Waals surface area contributed by atoms with Crippen molar-refractivity contribution in [2.24, 2.45) is 0 Å². The molecule has 0 amide bonds. The Kier molecular flexibility index (Phi) is 3.19. The SMILES string of the molecule is O=CCO[C@H]1CN[C@H](C(=O)O)C1. The molecule has 5 nitrogen and oxygen atoms in total. The zero-order valence-electron chi connectivity index (χ0n) is 6.53. The van der Waals surface area contributed by atoms with Gasteiger partial charge in [0.1, 0.15) is 18.9 Å². The summed E-state index contributed by atoms with van der Waals surface area (Å²) in [6.07, 6.45) is 0.952. The summed E-state index contributed by atoms with van der Waals surface area (Å²) in [6.45, 7) is 0.545. The Hall–Kier alpha value is -0.940. The third-order valence-electron chi connectivity index (χ3n) is 1.79. The molecule has 2 N–H and O–H groups in total. The van der Waals surface area contributed by atoms with Crippen LogP contribution in [-0.4, -0.2) is 42.7 Å². The van der Waals surface area contributed by atoms with E-state index >= 15 is 0 Å². The third kappa shape index (κ3) is 2.28. The molecule has 0 saturated carbocycles. The molecule has 0 radical (unpaired) electrons. The maximum atomic E-state index is 10.4. The van der Waals surface area contributed by atoms with Crippen molar-refractivity contribution in [2.45, 2.75) is 18.6 Å². The van der Waals surface area contributed by atoms with E-state index < -0.39 is 12.0 Å². The lowest BCUT2D eigenvalue weighted by molar-refractivity contribution is -0.139. The van der Waals surface area contributed by atoms with E-state index in [2.05, 4.69) is 5.32 Å². The van der Waals surface area contributed by atoms with E-state index in [1.54, 1.807) is 0 Å². The number of aliphatic carboxylic acids is 1. The number of carbonyl (C=O) groups excluding carboxylic acids is 1. The topological polar surface area (TPSA) is 75.6 Å². The van der Waals surface area contributed by atoms with Gasteiger partial charge in [-0.15, -0.1) is 0 Å². The molecule has 0 aromatic heterocycles. The summed E-state index contributed by atoms with van der Waals surface area (Å²) in [5.41, 5.74) is 0. The van der Waals surface area contributed by atoms with E-state index in [-0.39, 0.29) is 12.7 Å². The molecular formula is C7H11NO4. The first kappa shape index (κ1) is 9.15. The van der Waals surface area contributed by atoms with Crippen LogP contribution in [0.25, 0.3) is 0 Å². The zero-order valence-corrected chi connectivity index (χ0v) is 6.53. The molecule has 1 fully saturated rings. The molecular weight excluding hydrogens is 162 g/mol. The average Bonchev–Trinajstić information content (AvgIpc) is 2.48. The molecule has 1 aliphatic heterocycles. The van der Waals surface area contributed by atoms with Gasteiger partial charge in [-0.3, -0.25) is 4.79 Å². The number of rotatable bonds is 4. The van der Waals surface area contributed by atoms with Gasteiger partial charge < -0.3 is 20.0 Å². The van der Waals surface area contributed by atoms with Gasteiger partial charge in [-0.05, 0) is 0 Å². The Bertz CT molecular complexity index is 182. The van der Waals surface area contributed by atoms with Crippen LogP contribution in [0.15, 0.2) is 0 Å². The Labute approximate surface area is 69.7 Å². The monoisotopic (exact) mass is 173 g/mol. The van der Waals surface area contributed by atoms with E-state index in [9.17, 15) is 9.59 Å². The standard InChI is InChI=1S/C7H11NO4/c9-1-2-12-5-3-6(7(10)11)8-4-5/h1,5-6,8H,2-4H2,(H,10,11)/t5-,6+/m1/s1. The quantitative estimate of drug-likeness (QED) is 0.534. The second-order valence-corrected chi connectivity index (χ2v) is 2.66. The molecule has 12 heavy (non-hydrogen) atoms. The van der Waals surface area contributed by atoms with E-state index in [0.29, 0.717) is 19.3 Å². The Morgan fingerprint density at radius 3 is 3.00 bits per heavy atom. The predicted octanol–water partition coefficient (Wildman–Crippen LogP) is -0.983. The fraction of sp³-hybridized carbons (Fsp3) is 0.714. The molecule has 0 aliphatic carbocycles. The summed E-state index contributed by atoms with van der Waals surface area (Å²) in [7, 11) is 0. The van der Waals surface area contributed by atoms with Crippen LogP contribution < -0.4 is 5.32 Å². The number of hydrogen-bond donors (Lipinski definition) is 2. The molecule has 1 heterocycles. The Balaban J connectivity index is 2.25. The average molecular weight is 173 g/mol. The zero-order chi connectivity index (χ0) is 8.97. The summed E-state index contributed by atoms with van der Waals surface area (Å²) in [5.74, 6) is -0.868. The lowest BCUT2D eigenvalue weighted by Gasteiger charge is -2.06. The fourth-order valence-corrected chi connectivity index (χ4v) is 1.19. The van der Waals surface area contributed by atoms with Crippen molar-refractivity contribution in [1.82, 2.24) is 5.32 Å². The normalized spacial score (nSPS) is 28.7. The summed E-state index contributed by atoms with van der Waals surface area (Å²) >= 11 is 0. The first-order valence-electron chi connectivity index (χ1n) is 3.75. The van der Waals surface area contributed by atoms with E-state index in [4.69, 9.17) is 9.84 Å². The molecule has 0 aromatic rings. The number of nitrogens with one attached hydrogen (secondary N) is 1. The molecule has 5 heteroatoms. The smallest absolute Gasteiger partial charge is 0.320 e. The maximum Gasteiger partial charge on any atom is 0.320 e. The number of ether oxygens (including phenoxy) is 1. The van der Waals surface area contributed by atoms with Gasteiger partial charge in [0.25, 0.3) is 0 Å². The first-order valence-corrected chi connectivity index (χ1v) is 3.75. The van der Waals surface area contributed by atoms with Crippen molar-refractivity contribution in [3.63, 3.8) is 0 Å². The molecule has 0 bridgehead atoms. The van der Waals surface area contributed by atoms with Gasteiger partial charge >= 0.3 is 5.97 Å². The van der Waals surface area contributed by atoms with E-state index in [1.807, 2.05) is 0 Å². The number of aldehydes is 1. The van der Waals surface area contributed by atoms with E-state index in [1.165, 1.54) is 0 Å². The minimum Gasteiger partial charge on any atom is -0.480 e. The van der Waals surface area contributed by atoms with Crippen molar-refractivity contribution in [3.05, 3.63) is 0 Å². The molecule has 0 spiro atoms. The second-order valence-electron chi connectivity index (χ2n) is 2.66. The Morgan fingerprint density at radius 1 is 1.75 bits per heavy atom. The minimum absolute atomic E-state index is 0.0404. The first-order chi connectivity index (χ1) is 5.74. The van der Waals surface area contributed by atoms with Gasteiger partial charge in [-0.25, -0.2) is 0 Å². The maximum absolute atomic E-state index is 10.4. The van der Waals surface area contributed by atoms with Crippen molar-refractivity contribution in [1.29, 1.82) is 0 Å².